The first-order valence-corrected chi connectivity index (χ1v) is 7.84. The first kappa shape index (κ1) is 20.3. The van der Waals surface area contributed by atoms with E-state index in [1.807, 2.05) is 0 Å². The molecule has 1 unspecified atom stereocenters. The third-order valence-corrected chi connectivity index (χ3v) is 3.61. The standard InChI is InChI=1S/C12H11Cl5N2O4/c1-18-11(21)23-10(12(15,16)17)19-9(20)5-22-6-2-3-7(13)8(14)4-6/h2-4,10H,5H2,1H3,(H,18,21)(H,19,20). The summed E-state index contributed by atoms with van der Waals surface area (Å²) in [6, 6.07) is 4.47. The van der Waals surface area contributed by atoms with Crippen LogP contribution in [-0.4, -0.2) is 35.7 Å². The van der Waals surface area contributed by atoms with Crippen LogP contribution in [0.2, 0.25) is 10.0 Å². The predicted molar refractivity (Wildman–Crippen MR) is 89.7 cm³/mol. The van der Waals surface area contributed by atoms with Gasteiger partial charge >= 0.3 is 6.09 Å². The fourth-order valence-electron chi connectivity index (χ4n) is 1.25. The molecule has 1 aromatic carbocycles. The van der Waals surface area contributed by atoms with Crippen LogP contribution in [0.15, 0.2) is 18.2 Å². The number of halogens is 5. The summed E-state index contributed by atoms with van der Waals surface area (Å²) in [6.45, 7) is -0.424. The summed E-state index contributed by atoms with van der Waals surface area (Å²) in [7, 11) is 1.31. The Morgan fingerprint density at radius 3 is 2.39 bits per heavy atom. The second-order valence-electron chi connectivity index (χ2n) is 4.01. The highest BCUT2D eigenvalue weighted by molar-refractivity contribution is 6.68. The van der Waals surface area contributed by atoms with E-state index in [4.69, 9.17) is 67.5 Å². The van der Waals surface area contributed by atoms with E-state index in [1.54, 1.807) is 0 Å². The van der Waals surface area contributed by atoms with Crippen molar-refractivity contribution in [1.82, 2.24) is 10.6 Å². The van der Waals surface area contributed by atoms with Gasteiger partial charge in [0.2, 0.25) is 10.0 Å². The lowest BCUT2D eigenvalue weighted by atomic mass is 10.3. The highest BCUT2D eigenvalue weighted by Gasteiger charge is 2.37. The van der Waals surface area contributed by atoms with Crippen LogP contribution in [0, 0.1) is 0 Å². The maximum atomic E-state index is 11.8. The van der Waals surface area contributed by atoms with E-state index in [1.165, 1.54) is 25.2 Å². The fourth-order valence-corrected chi connectivity index (χ4v) is 1.83. The monoisotopic (exact) mass is 422 g/mol. The van der Waals surface area contributed by atoms with Gasteiger partial charge in [0.05, 0.1) is 10.0 Å². The molecular weight excluding hydrogens is 413 g/mol. The van der Waals surface area contributed by atoms with Crippen LogP contribution in [0.4, 0.5) is 4.79 Å². The molecule has 2 N–H and O–H groups in total. The minimum absolute atomic E-state index is 0.270. The maximum Gasteiger partial charge on any atom is 0.408 e. The van der Waals surface area contributed by atoms with Crippen molar-refractivity contribution < 1.29 is 19.1 Å². The van der Waals surface area contributed by atoms with E-state index in [9.17, 15) is 9.59 Å². The quantitative estimate of drug-likeness (QED) is 0.560. The molecule has 2 amide bonds. The lowest BCUT2D eigenvalue weighted by Crippen LogP contribution is -2.49. The molecule has 0 aromatic heterocycles. The molecule has 0 saturated heterocycles. The number of hydrogen-bond donors (Lipinski definition) is 2. The van der Waals surface area contributed by atoms with Crippen molar-refractivity contribution >= 4 is 70.0 Å². The van der Waals surface area contributed by atoms with E-state index < -0.39 is 28.6 Å². The van der Waals surface area contributed by atoms with Crippen LogP contribution in [-0.2, 0) is 9.53 Å². The topological polar surface area (TPSA) is 76.7 Å². The van der Waals surface area contributed by atoms with Crippen LogP contribution >= 0.6 is 58.0 Å². The average molecular weight is 424 g/mol. The van der Waals surface area contributed by atoms with Crippen molar-refractivity contribution in [3.8, 4) is 5.75 Å². The zero-order chi connectivity index (χ0) is 17.6. The molecule has 0 fully saturated rings. The second-order valence-corrected chi connectivity index (χ2v) is 7.19. The van der Waals surface area contributed by atoms with Gasteiger partial charge in [-0.15, -0.1) is 0 Å². The van der Waals surface area contributed by atoms with Crippen molar-refractivity contribution in [3.63, 3.8) is 0 Å². The van der Waals surface area contributed by atoms with Crippen LogP contribution in [0.3, 0.4) is 0 Å². The van der Waals surface area contributed by atoms with Gasteiger partial charge in [-0.1, -0.05) is 58.0 Å². The van der Waals surface area contributed by atoms with Gasteiger partial charge in [0, 0.05) is 13.1 Å². The van der Waals surface area contributed by atoms with Gasteiger partial charge < -0.3 is 20.1 Å². The second kappa shape index (κ2) is 8.89. The van der Waals surface area contributed by atoms with Crippen LogP contribution in [0.1, 0.15) is 0 Å². The average Bonchev–Trinajstić information content (AvgIpc) is 2.46. The van der Waals surface area contributed by atoms with Gasteiger partial charge in [-0.2, -0.15) is 0 Å². The number of carbonyl (C=O) groups excluding carboxylic acids is 2. The summed E-state index contributed by atoms with van der Waals surface area (Å²) in [6.07, 6.45) is -2.38. The Morgan fingerprint density at radius 2 is 1.87 bits per heavy atom. The van der Waals surface area contributed by atoms with Gasteiger partial charge in [0.15, 0.2) is 6.61 Å². The number of alkyl halides is 3. The lowest BCUT2D eigenvalue weighted by Gasteiger charge is -2.24. The molecule has 1 aromatic rings. The molecule has 23 heavy (non-hydrogen) atoms. The summed E-state index contributed by atoms with van der Waals surface area (Å²) < 4.78 is 7.89. The first-order chi connectivity index (χ1) is 10.6. The third kappa shape index (κ3) is 7.10. The van der Waals surface area contributed by atoms with E-state index in [0.717, 1.165) is 0 Å². The van der Waals surface area contributed by atoms with Gasteiger partial charge in [0.1, 0.15) is 5.75 Å². The van der Waals surface area contributed by atoms with Gasteiger partial charge in [-0.05, 0) is 12.1 Å². The lowest BCUT2D eigenvalue weighted by molar-refractivity contribution is -0.126. The molecule has 0 aliphatic heterocycles. The Hall–Kier alpha value is -0.790. The molecule has 6 nitrogen and oxygen atoms in total. The number of nitrogens with one attached hydrogen (secondary N) is 2. The minimum atomic E-state index is -2.06. The molecule has 0 heterocycles. The molecule has 0 saturated carbocycles. The number of carbonyl (C=O) groups is 2. The third-order valence-electron chi connectivity index (χ3n) is 2.28. The minimum Gasteiger partial charge on any atom is -0.484 e. The molecular formula is C12H11Cl5N2O4. The van der Waals surface area contributed by atoms with Crippen LogP contribution in [0.25, 0.3) is 0 Å². The zero-order valence-corrected chi connectivity index (χ0v) is 15.3. The predicted octanol–water partition coefficient (Wildman–Crippen LogP) is 3.54. The van der Waals surface area contributed by atoms with E-state index >= 15 is 0 Å². The van der Waals surface area contributed by atoms with Crippen molar-refractivity contribution in [2.45, 2.75) is 10.0 Å². The molecule has 0 aliphatic carbocycles. The Labute approximate surface area is 157 Å². The number of hydrogen-bond acceptors (Lipinski definition) is 4. The normalized spacial score (nSPS) is 12.3. The van der Waals surface area contributed by atoms with Crippen molar-refractivity contribution in [1.29, 1.82) is 0 Å². The summed E-state index contributed by atoms with van der Waals surface area (Å²) in [4.78, 5) is 23.0. The summed E-state index contributed by atoms with van der Waals surface area (Å²) in [5, 5.41) is 5.00. The van der Waals surface area contributed by atoms with E-state index in [2.05, 4.69) is 10.6 Å². The van der Waals surface area contributed by atoms with Crippen LogP contribution < -0.4 is 15.4 Å². The zero-order valence-electron chi connectivity index (χ0n) is 11.5. The number of amides is 2. The number of rotatable bonds is 5. The van der Waals surface area contributed by atoms with Gasteiger partial charge in [-0.25, -0.2) is 4.79 Å². The molecule has 1 rings (SSSR count). The molecule has 0 radical (unpaired) electrons. The largest absolute Gasteiger partial charge is 0.484 e. The molecule has 128 valence electrons. The van der Waals surface area contributed by atoms with Crippen molar-refractivity contribution in [3.05, 3.63) is 28.2 Å². The fraction of sp³-hybridized carbons (Fsp3) is 0.333. The Bertz CT molecular complexity index is 579. The van der Waals surface area contributed by atoms with Crippen molar-refractivity contribution in [2.75, 3.05) is 13.7 Å². The maximum absolute atomic E-state index is 11.8. The first-order valence-electron chi connectivity index (χ1n) is 5.95. The molecule has 0 bridgehead atoms. The number of alkyl carbamates (subject to hydrolysis) is 1. The summed E-state index contributed by atoms with van der Waals surface area (Å²) >= 11 is 28.5. The van der Waals surface area contributed by atoms with Gasteiger partial charge in [0.25, 0.3) is 5.91 Å². The Morgan fingerprint density at radius 1 is 1.22 bits per heavy atom. The molecule has 0 aliphatic rings. The molecule has 11 heteroatoms. The Kier molecular flexibility index (Phi) is 7.83. The molecule has 0 spiro atoms. The number of benzene rings is 1. The van der Waals surface area contributed by atoms with Crippen molar-refractivity contribution in [2.24, 2.45) is 0 Å². The highest BCUT2D eigenvalue weighted by Crippen LogP contribution is 2.31. The summed E-state index contributed by atoms with van der Waals surface area (Å²) in [5.74, 6) is -0.372. The summed E-state index contributed by atoms with van der Waals surface area (Å²) in [5.41, 5.74) is 0. The Balaban J connectivity index is 2.61. The molecule has 1 atom stereocenters. The number of ether oxygens (including phenoxy) is 2. The van der Waals surface area contributed by atoms with E-state index in [0.29, 0.717) is 10.8 Å². The van der Waals surface area contributed by atoms with Crippen LogP contribution in [0.5, 0.6) is 5.75 Å². The SMILES string of the molecule is CNC(=O)OC(NC(=O)COc1ccc(Cl)c(Cl)c1)C(Cl)(Cl)Cl. The highest BCUT2D eigenvalue weighted by atomic mass is 35.6. The van der Waals surface area contributed by atoms with E-state index in [-0.39, 0.29) is 5.02 Å². The smallest absolute Gasteiger partial charge is 0.408 e. The van der Waals surface area contributed by atoms with Gasteiger partial charge in [-0.3, -0.25) is 4.79 Å².